The Hall–Kier alpha value is -0.870. The van der Waals surface area contributed by atoms with E-state index in [0.717, 1.165) is 13.1 Å². The van der Waals surface area contributed by atoms with Gasteiger partial charge in [0.2, 0.25) is 0 Å². The zero-order chi connectivity index (χ0) is 11.0. The van der Waals surface area contributed by atoms with Gasteiger partial charge < -0.3 is 15.3 Å². The molecule has 0 heterocycles. The number of hydrogen-bond acceptors (Lipinski definition) is 3. The van der Waals surface area contributed by atoms with E-state index in [-0.39, 0.29) is 0 Å². The number of hydrogen-bond donors (Lipinski definition) is 2. The molecule has 82 valence electrons. The zero-order valence-corrected chi connectivity index (χ0v) is 9.21. The Kier molecular flexibility index (Phi) is 7.06. The summed E-state index contributed by atoms with van der Waals surface area (Å²) in [4.78, 5) is 12.7. The van der Waals surface area contributed by atoms with Crippen LogP contribution in [0.25, 0.3) is 0 Å². The quantitative estimate of drug-likeness (QED) is 0.466. The fourth-order valence-electron chi connectivity index (χ4n) is 0.983. The molecule has 0 spiro atoms. The molecule has 0 aliphatic carbocycles. The van der Waals surface area contributed by atoms with Crippen LogP contribution >= 0.6 is 0 Å². The highest BCUT2D eigenvalue weighted by atomic mass is 16.4. The fraction of sp³-hybridized carbons (Fsp3) is 0.700. The smallest absolute Gasteiger partial charge is 0.331 e. The van der Waals surface area contributed by atoms with Gasteiger partial charge in [-0.1, -0.05) is 13.0 Å². The molecule has 0 saturated heterocycles. The number of rotatable bonds is 7. The summed E-state index contributed by atoms with van der Waals surface area (Å²) in [5, 5.41) is 11.9. The number of nitrogens with one attached hydrogen (secondary N) is 1. The topological polar surface area (TPSA) is 52.6 Å². The molecule has 0 saturated carbocycles. The number of carboxylic acids is 1. The van der Waals surface area contributed by atoms with Gasteiger partial charge in [-0.25, -0.2) is 4.79 Å². The lowest BCUT2D eigenvalue weighted by molar-refractivity contribution is -0.132. The number of aliphatic carboxylic acids is 1. The van der Waals surface area contributed by atoms with Gasteiger partial charge in [-0.3, -0.25) is 0 Å². The maximum Gasteiger partial charge on any atom is 0.331 e. The molecule has 4 nitrogen and oxygen atoms in total. The summed E-state index contributed by atoms with van der Waals surface area (Å²) < 4.78 is 0. The summed E-state index contributed by atoms with van der Waals surface area (Å²) >= 11 is 0. The van der Waals surface area contributed by atoms with E-state index in [1.54, 1.807) is 6.08 Å². The predicted octanol–water partition coefficient (Wildman–Crippen LogP) is 0.559. The molecular formula is C10H20N2O2. The molecule has 0 bridgehead atoms. The van der Waals surface area contributed by atoms with Crippen LogP contribution in [-0.2, 0) is 4.79 Å². The Morgan fingerprint density at radius 1 is 1.50 bits per heavy atom. The maximum absolute atomic E-state index is 10.6. The standard InChI is InChI=1S/C10H20N2O2/c1-4-9(10(13)14)5-6-11-7-8-12(2)3/h5,11H,4,6-8H2,1-3H3,(H,13,14). The molecular weight excluding hydrogens is 180 g/mol. The van der Waals surface area contributed by atoms with Gasteiger partial charge >= 0.3 is 5.97 Å². The Morgan fingerprint density at radius 3 is 2.57 bits per heavy atom. The van der Waals surface area contributed by atoms with Crippen molar-refractivity contribution in [2.45, 2.75) is 13.3 Å². The Labute approximate surface area is 85.6 Å². The van der Waals surface area contributed by atoms with Crippen LogP contribution in [0.2, 0.25) is 0 Å². The lowest BCUT2D eigenvalue weighted by Crippen LogP contribution is -2.26. The highest BCUT2D eigenvalue weighted by molar-refractivity contribution is 5.86. The molecule has 0 fully saturated rings. The first kappa shape index (κ1) is 13.1. The van der Waals surface area contributed by atoms with Gasteiger partial charge in [-0.15, -0.1) is 0 Å². The Bertz CT molecular complexity index is 200. The van der Waals surface area contributed by atoms with Crippen molar-refractivity contribution in [3.8, 4) is 0 Å². The van der Waals surface area contributed by atoms with Crippen molar-refractivity contribution < 1.29 is 9.90 Å². The highest BCUT2D eigenvalue weighted by Crippen LogP contribution is 1.98. The van der Waals surface area contributed by atoms with Crippen LogP contribution < -0.4 is 5.32 Å². The van der Waals surface area contributed by atoms with Gasteiger partial charge in [-0.05, 0) is 20.5 Å². The Balaban J connectivity index is 3.64. The van der Waals surface area contributed by atoms with Crippen molar-refractivity contribution in [3.05, 3.63) is 11.6 Å². The van der Waals surface area contributed by atoms with E-state index in [9.17, 15) is 4.79 Å². The van der Waals surface area contributed by atoms with Crippen LogP contribution in [-0.4, -0.2) is 49.7 Å². The van der Waals surface area contributed by atoms with Crippen LogP contribution in [0, 0.1) is 0 Å². The van der Waals surface area contributed by atoms with Gasteiger partial charge in [0.25, 0.3) is 0 Å². The van der Waals surface area contributed by atoms with Crippen LogP contribution in [0.1, 0.15) is 13.3 Å². The number of carboxylic acid groups (broad SMARTS) is 1. The van der Waals surface area contributed by atoms with E-state index in [4.69, 9.17) is 5.11 Å². The van der Waals surface area contributed by atoms with Crippen LogP contribution in [0.15, 0.2) is 11.6 Å². The molecule has 0 aromatic heterocycles. The summed E-state index contributed by atoms with van der Waals surface area (Å²) in [7, 11) is 4.01. The van der Waals surface area contributed by atoms with Gasteiger partial charge in [0.05, 0.1) is 0 Å². The van der Waals surface area contributed by atoms with Crippen LogP contribution in [0.5, 0.6) is 0 Å². The van der Waals surface area contributed by atoms with E-state index in [1.165, 1.54) is 0 Å². The molecule has 0 aromatic carbocycles. The van der Waals surface area contributed by atoms with Crippen molar-refractivity contribution in [1.82, 2.24) is 10.2 Å². The lowest BCUT2D eigenvalue weighted by Gasteiger charge is -2.09. The van der Waals surface area contributed by atoms with Crippen molar-refractivity contribution in [3.63, 3.8) is 0 Å². The lowest BCUT2D eigenvalue weighted by atomic mass is 10.2. The molecule has 0 rings (SSSR count). The summed E-state index contributed by atoms with van der Waals surface area (Å²) in [5.74, 6) is -0.818. The molecule has 4 heteroatoms. The molecule has 0 aromatic rings. The van der Waals surface area contributed by atoms with E-state index in [1.807, 2.05) is 21.0 Å². The molecule has 0 unspecified atom stereocenters. The SMILES string of the molecule is CCC(=CCNCCN(C)C)C(=O)O. The van der Waals surface area contributed by atoms with Gasteiger partial charge in [0, 0.05) is 25.2 Å². The van der Waals surface area contributed by atoms with E-state index < -0.39 is 5.97 Å². The zero-order valence-electron chi connectivity index (χ0n) is 9.21. The first-order valence-electron chi connectivity index (χ1n) is 4.85. The Morgan fingerprint density at radius 2 is 2.14 bits per heavy atom. The van der Waals surface area contributed by atoms with E-state index >= 15 is 0 Å². The maximum atomic E-state index is 10.6. The summed E-state index contributed by atoms with van der Waals surface area (Å²) in [6, 6.07) is 0. The minimum atomic E-state index is -0.818. The first-order valence-corrected chi connectivity index (χ1v) is 4.85. The molecule has 2 N–H and O–H groups in total. The van der Waals surface area contributed by atoms with Crippen molar-refractivity contribution in [2.24, 2.45) is 0 Å². The minimum absolute atomic E-state index is 0.474. The average Bonchev–Trinajstić information content (AvgIpc) is 2.10. The van der Waals surface area contributed by atoms with Gasteiger partial charge in [0.1, 0.15) is 0 Å². The van der Waals surface area contributed by atoms with Crippen molar-refractivity contribution >= 4 is 5.97 Å². The van der Waals surface area contributed by atoms with Crippen LogP contribution in [0.4, 0.5) is 0 Å². The largest absolute Gasteiger partial charge is 0.478 e. The molecule has 0 radical (unpaired) electrons. The number of nitrogens with zero attached hydrogens (tertiary/aromatic N) is 1. The van der Waals surface area contributed by atoms with E-state index in [0.29, 0.717) is 18.5 Å². The third-order valence-corrected chi connectivity index (χ3v) is 1.88. The fourth-order valence-corrected chi connectivity index (χ4v) is 0.983. The van der Waals surface area contributed by atoms with Crippen molar-refractivity contribution in [2.75, 3.05) is 33.7 Å². The average molecular weight is 200 g/mol. The second-order valence-corrected chi connectivity index (χ2v) is 3.40. The normalized spacial score (nSPS) is 12.1. The highest BCUT2D eigenvalue weighted by Gasteiger charge is 2.02. The monoisotopic (exact) mass is 200 g/mol. The summed E-state index contributed by atoms with van der Waals surface area (Å²) in [5.41, 5.74) is 0.474. The van der Waals surface area contributed by atoms with E-state index in [2.05, 4.69) is 10.2 Å². The number of likely N-dealkylation sites (N-methyl/N-ethyl adjacent to an activating group) is 1. The first-order chi connectivity index (χ1) is 6.57. The predicted molar refractivity (Wildman–Crippen MR) is 57.4 cm³/mol. The summed E-state index contributed by atoms with van der Waals surface area (Å²) in [6.45, 7) is 4.31. The molecule has 0 aliphatic heterocycles. The van der Waals surface area contributed by atoms with Gasteiger partial charge in [0.15, 0.2) is 0 Å². The third kappa shape index (κ3) is 6.62. The van der Waals surface area contributed by atoms with Crippen LogP contribution in [0.3, 0.4) is 0 Å². The molecule has 0 aliphatic rings. The second kappa shape index (κ2) is 7.53. The molecule has 14 heavy (non-hydrogen) atoms. The summed E-state index contributed by atoms with van der Waals surface area (Å²) in [6.07, 6.45) is 2.31. The second-order valence-electron chi connectivity index (χ2n) is 3.40. The van der Waals surface area contributed by atoms with Gasteiger partial charge in [-0.2, -0.15) is 0 Å². The molecule has 0 atom stereocenters. The molecule has 0 amide bonds. The van der Waals surface area contributed by atoms with Crippen molar-refractivity contribution in [1.29, 1.82) is 0 Å². The third-order valence-electron chi connectivity index (χ3n) is 1.88. The number of carbonyl (C=O) groups is 1. The minimum Gasteiger partial charge on any atom is -0.478 e.